The topological polar surface area (TPSA) is 53.1 Å². The Morgan fingerprint density at radius 1 is 1.45 bits per heavy atom. The molecule has 108 valence electrons. The summed E-state index contributed by atoms with van der Waals surface area (Å²) in [5.74, 6) is -0.202. The number of rotatable bonds is 5. The molecular weight excluding hydrogens is 281 g/mol. The molecule has 0 radical (unpaired) electrons. The predicted molar refractivity (Wildman–Crippen MR) is 76.4 cm³/mol. The van der Waals surface area contributed by atoms with E-state index in [9.17, 15) is 4.39 Å². The quantitative estimate of drug-likeness (QED) is 0.923. The van der Waals surface area contributed by atoms with Gasteiger partial charge in [-0.25, -0.2) is 4.39 Å². The number of nitrogens with zero attached hydrogens (tertiary/aromatic N) is 2. The SMILES string of the molecule is Cc1nn(C)c(COc2ccc(CCN)cc2F)c1Cl. The van der Waals surface area contributed by atoms with Gasteiger partial charge in [-0.2, -0.15) is 5.10 Å². The largest absolute Gasteiger partial charge is 0.484 e. The molecule has 1 aromatic heterocycles. The van der Waals surface area contributed by atoms with Crippen LogP contribution >= 0.6 is 11.6 Å². The zero-order valence-electron chi connectivity index (χ0n) is 11.5. The first-order valence-corrected chi connectivity index (χ1v) is 6.70. The summed E-state index contributed by atoms with van der Waals surface area (Å²) in [7, 11) is 1.78. The third-order valence-electron chi connectivity index (χ3n) is 3.06. The van der Waals surface area contributed by atoms with Gasteiger partial charge < -0.3 is 10.5 Å². The van der Waals surface area contributed by atoms with Gasteiger partial charge in [-0.1, -0.05) is 17.7 Å². The fourth-order valence-corrected chi connectivity index (χ4v) is 2.18. The zero-order valence-corrected chi connectivity index (χ0v) is 12.2. The van der Waals surface area contributed by atoms with E-state index in [0.717, 1.165) is 17.0 Å². The molecule has 20 heavy (non-hydrogen) atoms. The van der Waals surface area contributed by atoms with E-state index in [1.807, 2.05) is 6.92 Å². The van der Waals surface area contributed by atoms with Gasteiger partial charge in [-0.15, -0.1) is 0 Å². The minimum absolute atomic E-state index is 0.170. The van der Waals surface area contributed by atoms with Crippen molar-refractivity contribution in [3.63, 3.8) is 0 Å². The summed E-state index contributed by atoms with van der Waals surface area (Å²) in [6, 6.07) is 4.86. The van der Waals surface area contributed by atoms with E-state index >= 15 is 0 Å². The van der Waals surface area contributed by atoms with E-state index < -0.39 is 5.82 Å². The third-order valence-corrected chi connectivity index (χ3v) is 3.55. The molecule has 1 heterocycles. The molecule has 2 N–H and O–H groups in total. The summed E-state index contributed by atoms with van der Waals surface area (Å²) in [6.45, 7) is 2.47. The Hall–Kier alpha value is -1.59. The molecule has 0 saturated heterocycles. The fourth-order valence-electron chi connectivity index (χ4n) is 1.97. The van der Waals surface area contributed by atoms with Crippen molar-refractivity contribution in [1.29, 1.82) is 0 Å². The van der Waals surface area contributed by atoms with Gasteiger partial charge in [0.25, 0.3) is 0 Å². The van der Waals surface area contributed by atoms with Crippen molar-refractivity contribution < 1.29 is 9.13 Å². The first-order valence-electron chi connectivity index (χ1n) is 6.32. The van der Waals surface area contributed by atoms with E-state index in [2.05, 4.69) is 5.10 Å². The molecule has 0 atom stereocenters. The average Bonchev–Trinajstić information content (AvgIpc) is 2.64. The molecule has 0 unspecified atom stereocenters. The van der Waals surface area contributed by atoms with Crippen molar-refractivity contribution in [2.75, 3.05) is 6.54 Å². The Kier molecular flexibility index (Phi) is 4.62. The number of aryl methyl sites for hydroxylation is 2. The lowest BCUT2D eigenvalue weighted by molar-refractivity contribution is 0.280. The highest BCUT2D eigenvalue weighted by molar-refractivity contribution is 6.31. The van der Waals surface area contributed by atoms with Gasteiger partial charge in [0.15, 0.2) is 11.6 Å². The molecule has 0 aliphatic carbocycles. The maximum absolute atomic E-state index is 13.9. The Morgan fingerprint density at radius 3 is 2.75 bits per heavy atom. The number of aromatic nitrogens is 2. The highest BCUT2D eigenvalue weighted by Crippen LogP contribution is 2.23. The summed E-state index contributed by atoms with van der Waals surface area (Å²) in [4.78, 5) is 0. The molecule has 0 aliphatic rings. The lowest BCUT2D eigenvalue weighted by Crippen LogP contribution is -2.06. The number of halogens is 2. The summed E-state index contributed by atoms with van der Waals surface area (Å²) in [6.07, 6.45) is 0.643. The first kappa shape index (κ1) is 14.8. The molecule has 2 aromatic rings. The zero-order chi connectivity index (χ0) is 14.7. The van der Waals surface area contributed by atoms with Crippen LogP contribution in [0.4, 0.5) is 4.39 Å². The summed E-state index contributed by atoms with van der Waals surface area (Å²) < 4.78 is 21.0. The second-order valence-corrected chi connectivity index (χ2v) is 4.94. The molecular formula is C14H17ClFN3O. The van der Waals surface area contributed by atoms with Crippen molar-refractivity contribution in [3.05, 3.63) is 46.0 Å². The van der Waals surface area contributed by atoms with Gasteiger partial charge in [0, 0.05) is 7.05 Å². The lowest BCUT2D eigenvalue weighted by atomic mass is 10.1. The molecule has 0 saturated carbocycles. The fraction of sp³-hybridized carbons (Fsp3) is 0.357. The van der Waals surface area contributed by atoms with E-state index in [0.29, 0.717) is 18.0 Å². The molecule has 6 heteroatoms. The van der Waals surface area contributed by atoms with Crippen LogP contribution in [0.15, 0.2) is 18.2 Å². The minimum atomic E-state index is -0.397. The molecule has 2 rings (SSSR count). The van der Waals surface area contributed by atoms with Crippen LogP contribution in [-0.2, 0) is 20.1 Å². The van der Waals surface area contributed by atoms with Crippen LogP contribution in [-0.4, -0.2) is 16.3 Å². The summed E-state index contributed by atoms with van der Waals surface area (Å²) in [5.41, 5.74) is 7.74. The van der Waals surface area contributed by atoms with Crippen LogP contribution < -0.4 is 10.5 Å². The van der Waals surface area contributed by atoms with Crippen LogP contribution in [0.2, 0.25) is 5.02 Å². The number of nitrogens with two attached hydrogens (primary N) is 1. The van der Waals surface area contributed by atoms with Crippen LogP contribution in [0, 0.1) is 12.7 Å². The van der Waals surface area contributed by atoms with Gasteiger partial charge in [0.1, 0.15) is 6.61 Å². The van der Waals surface area contributed by atoms with Gasteiger partial charge in [0.05, 0.1) is 16.4 Å². The number of benzene rings is 1. The maximum atomic E-state index is 13.9. The maximum Gasteiger partial charge on any atom is 0.165 e. The molecule has 4 nitrogen and oxygen atoms in total. The van der Waals surface area contributed by atoms with Crippen LogP contribution in [0.5, 0.6) is 5.75 Å². The second kappa shape index (κ2) is 6.24. The normalized spacial score (nSPS) is 10.8. The van der Waals surface area contributed by atoms with Crippen LogP contribution in [0.25, 0.3) is 0 Å². The predicted octanol–water partition coefficient (Wildman–Crippen LogP) is 2.60. The molecule has 0 bridgehead atoms. The molecule has 0 aliphatic heterocycles. The van der Waals surface area contributed by atoms with E-state index in [4.69, 9.17) is 22.1 Å². The number of hydrogen-bond donors (Lipinski definition) is 1. The molecule has 0 spiro atoms. The van der Waals surface area contributed by atoms with E-state index in [-0.39, 0.29) is 12.4 Å². The number of hydrogen-bond acceptors (Lipinski definition) is 3. The Bertz CT molecular complexity index is 613. The number of ether oxygens (including phenoxy) is 1. The second-order valence-electron chi connectivity index (χ2n) is 4.56. The Balaban J connectivity index is 2.11. The lowest BCUT2D eigenvalue weighted by Gasteiger charge is -2.09. The smallest absolute Gasteiger partial charge is 0.165 e. The van der Waals surface area contributed by atoms with Crippen molar-refractivity contribution in [3.8, 4) is 5.75 Å². The monoisotopic (exact) mass is 297 g/mol. The van der Waals surface area contributed by atoms with Crippen LogP contribution in [0.3, 0.4) is 0 Å². The molecule has 1 aromatic carbocycles. The molecule has 0 amide bonds. The average molecular weight is 298 g/mol. The highest BCUT2D eigenvalue weighted by atomic mass is 35.5. The Labute approximate surface area is 122 Å². The van der Waals surface area contributed by atoms with Crippen LogP contribution in [0.1, 0.15) is 17.0 Å². The van der Waals surface area contributed by atoms with Gasteiger partial charge in [-0.3, -0.25) is 4.68 Å². The third kappa shape index (κ3) is 3.11. The van der Waals surface area contributed by atoms with Crippen molar-refractivity contribution in [2.45, 2.75) is 20.0 Å². The standard InChI is InChI=1S/C14H17ClFN3O/c1-9-14(15)12(19(2)18-9)8-20-13-4-3-10(5-6-17)7-11(13)16/h3-4,7H,5-6,8,17H2,1-2H3. The van der Waals surface area contributed by atoms with Crippen molar-refractivity contribution in [1.82, 2.24) is 9.78 Å². The summed E-state index contributed by atoms with van der Waals surface area (Å²) >= 11 is 6.12. The highest BCUT2D eigenvalue weighted by Gasteiger charge is 2.13. The summed E-state index contributed by atoms with van der Waals surface area (Å²) in [5, 5.41) is 4.73. The van der Waals surface area contributed by atoms with Gasteiger partial charge in [-0.05, 0) is 37.6 Å². The van der Waals surface area contributed by atoms with Crippen molar-refractivity contribution >= 4 is 11.6 Å². The van der Waals surface area contributed by atoms with Crippen molar-refractivity contribution in [2.24, 2.45) is 12.8 Å². The first-order chi connectivity index (χ1) is 9.52. The Morgan fingerprint density at radius 2 is 2.20 bits per heavy atom. The van der Waals surface area contributed by atoms with E-state index in [1.165, 1.54) is 6.07 Å². The van der Waals surface area contributed by atoms with E-state index in [1.54, 1.807) is 23.9 Å². The van der Waals surface area contributed by atoms with Gasteiger partial charge >= 0.3 is 0 Å². The minimum Gasteiger partial charge on any atom is -0.484 e. The molecule has 0 fully saturated rings. The van der Waals surface area contributed by atoms with Gasteiger partial charge in [0.2, 0.25) is 0 Å².